The van der Waals surface area contributed by atoms with Gasteiger partial charge >= 0.3 is 0 Å². The Balaban J connectivity index is 1.56. The van der Waals surface area contributed by atoms with E-state index in [9.17, 15) is 9.59 Å². The maximum atomic E-state index is 12.7. The number of nitrogens with one attached hydrogen (secondary N) is 1. The molecule has 1 saturated heterocycles. The molecular weight excluding hydrogens is 366 g/mol. The lowest BCUT2D eigenvalue weighted by atomic mass is 9.96. The van der Waals surface area contributed by atoms with Crippen molar-refractivity contribution in [3.05, 3.63) is 52.4 Å². The molecule has 1 aliphatic heterocycles. The van der Waals surface area contributed by atoms with Crippen molar-refractivity contribution in [2.24, 2.45) is 13.0 Å². The van der Waals surface area contributed by atoms with Gasteiger partial charge in [-0.2, -0.15) is 5.10 Å². The summed E-state index contributed by atoms with van der Waals surface area (Å²) >= 11 is 0. The molecule has 0 spiro atoms. The van der Waals surface area contributed by atoms with E-state index in [1.165, 1.54) is 10.4 Å². The average molecular weight is 398 g/mol. The lowest BCUT2D eigenvalue weighted by Gasteiger charge is -2.33. The molecule has 1 amide bonds. The molecule has 3 rings (SSSR count). The maximum Gasteiger partial charge on any atom is 0.268 e. The summed E-state index contributed by atoms with van der Waals surface area (Å²) in [5, 5.41) is 7.17. The molecule has 1 atom stereocenters. The van der Waals surface area contributed by atoms with Crippen LogP contribution >= 0.6 is 0 Å². The number of anilines is 2. The van der Waals surface area contributed by atoms with Crippen LogP contribution in [-0.2, 0) is 18.4 Å². The number of hydrogen-bond acceptors (Lipinski definition) is 5. The number of amides is 1. The molecule has 0 aliphatic carbocycles. The monoisotopic (exact) mass is 397 g/mol. The first-order valence-corrected chi connectivity index (χ1v) is 10.4. The van der Waals surface area contributed by atoms with Crippen LogP contribution in [0.5, 0.6) is 0 Å². The minimum atomic E-state index is -0.137. The molecule has 2 aromatic rings. The van der Waals surface area contributed by atoms with E-state index in [1.807, 2.05) is 0 Å². The molecule has 1 aliphatic rings. The standard InChI is InChI=1S/C22H31N5O2/c1-4-26(5-2)19-10-8-17(9-11-19)14-23-22(29)18-7-6-12-27(16-18)20-13-21(28)25(3)24-15-20/h8-11,13,15,18H,4-7,12,14,16H2,1-3H3,(H,23,29). The van der Waals surface area contributed by atoms with Crippen LogP contribution in [0.4, 0.5) is 11.4 Å². The Morgan fingerprint density at radius 1 is 1.24 bits per heavy atom. The van der Waals surface area contributed by atoms with Gasteiger partial charge in [-0.3, -0.25) is 9.59 Å². The van der Waals surface area contributed by atoms with E-state index >= 15 is 0 Å². The molecule has 29 heavy (non-hydrogen) atoms. The molecule has 156 valence electrons. The SMILES string of the molecule is CCN(CC)c1ccc(CNC(=O)C2CCCN(c3cnn(C)c(=O)c3)C2)cc1. The van der Waals surface area contributed by atoms with Gasteiger partial charge in [-0.25, -0.2) is 4.68 Å². The second kappa shape index (κ2) is 9.58. The van der Waals surface area contributed by atoms with Crippen molar-refractivity contribution >= 4 is 17.3 Å². The van der Waals surface area contributed by atoms with E-state index in [4.69, 9.17) is 0 Å². The Kier molecular flexibility index (Phi) is 6.90. The number of carbonyl (C=O) groups is 1. The molecule has 2 heterocycles. The van der Waals surface area contributed by atoms with Gasteiger partial charge in [0.2, 0.25) is 5.91 Å². The largest absolute Gasteiger partial charge is 0.372 e. The molecule has 1 fully saturated rings. The van der Waals surface area contributed by atoms with Gasteiger partial charge in [-0.05, 0) is 44.4 Å². The van der Waals surface area contributed by atoms with Gasteiger partial charge in [0.25, 0.3) is 5.56 Å². The fourth-order valence-electron chi connectivity index (χ4n) is 3.81. The van der Waals surface area contributed by atoms with Crippen LogP contribution in [0.3, 0.4) is 0 Å². The van der Waals surface area contributed by atoms with Crippen molar-refractivity contribution in [2.45, 2.75) is 33.2 Å². The number of piperidine rings is 1. The van der Waals surface area contributed by atoms with E-state index in [-0.39, 0.29) is 17.4 Å². The van der Waals surface area contributed by atoms with Crippen molar-refractivity contribution < 1.29 is 4.79 Å². The van der Waals surface area contributed by atoms with E-state index in [2.05, 4.69) is 58.3 Å². The average Bonchev–Trinajstić information content (AvgIpc) is 2.76. The summed E-state index contributed by atoms with van der Waals surface area (Å²) in [7, 11) is 1.63. The fraction of sp³-hybridized carbons (Fsp3) is 0.500. The van der Waals surface area contributed by atoms with E-state index in [0.29, 0.717) is 13.1 Å². The highest BCUT2D eigenvalue weighted by Crippen LogP contribution is 2.22. The number of benzene rings is 1. The molecule has 0 saturated carbocycles. The zero-order valence-corrected chi connectivity index (χ0v) is 17.6. The Morgan fingerprint density at radius 3 is 2.62 bits per heavy atom. The first-order chi connectivity index (χ1) is 14.0. The van der Waals surface area contributed by atoms with Gasteiger partial charge in [0, 0.05) is 51.5 Å². The van der Waals surface area contributed by atoms with Gasteiger partial charge in [-0.15, -0.1) is 0 Å². The summed E-state index contributed by atoms with van der Waals surface area (Å²) in [5.74, 6) is -0.0120. The van der Waals surface area contributed by atoms with Crippen LogP contribution < -0.4 is 20.7 Å². The minimum Gasteiger partial charge on any atom is -0.372 e. The van der Waals surface area contributed by atoms with Crippen molar-refractivity contribution in [3.63, 3.8) is 0 Å². The smallest absolute Gasteiger partial charge is 0.268 e. The van der Waals surface area contributed by atoms with E-state index in [1.54, 1.807) is 19.3 Å². The summed E-state index contributed by atoms with van der Waals surface area (Å²) in [5.41, 5.74) is 2.95. The molecule has 1 unspecified atom stereocenters. The zero-order chi connectivity index (χ0) is 20.8. The predicted octanol–water partition coefficient (Wildman–Crippen LogP) is 2.16. The number of hydrogen-bond donors (Lipinski definition) is 1. The molecule has 1 aromatic heterocycles. The number of carbonyl (C=O) groups excluding carboxylic acids is 1. The second-order valence-electron chi connectivity index (χ2n) is 7.52. The highest BCUT2D eigenvalue weighted by Gasteiger charge is 2.26. The third-order valence-electron chi connectivity index (χ3n) is 5.64. The van der Waals surface area contributed by atoms with Crippen molar-refractivity contribution in [3.8, 4) is 0 Å². The molecule has 1 N–H and O–H groups in total. The van der Waals surface area contributed by atoms with Crippen LogP contribution in [0.1, 0.15) is 32.3 Å². The second-order valence-corrected chi connectivity index (χ2v) is 7.52. The first kappa shape index (κ1) is 20.9. The minimum absolute atomic E-state index is 0.0688. The summed E-state index contributed by atoms with van der Waals surface area (Å²) in [4.78, 5) is 28.9. The summed E-state index contributed by atoms with van der Waals surface area (Å²) < 4.78 is 1.31. The quantitative estimate of drug-likeness (QED) is 0.775. The summed E-state index contributed by atoms with van der Waals surface area (Å²) in [6.07, 6.45) is 3.48. The lowest BCUT2D eigenvalue weighted by Crippen LogP contribution is -2.43. The Labute approximate surface area is 172 Å². The van der Waals surface area contributed by atoms with E-state index < -0.39 is 0 Å². The van der Waals surface area contributed by atoms with Crippen molar-refractivity contribution in [1.82, 2.24) is 15.1 Å². The molecular formula is C22H31N5O2. The normalized spacial score (nSPS) is 16.5. The summed E-state index contributed by atoms with van der Waals surface area (Å²) in [6, 6.07) is 9.96. The highest BCUT2D eigenvalue weighted by atomic mass is 16.2. The predicted molar refractivity (Wildman–Crippen MR) is 116 cm³/mol. The Morgan fingerprint density at radius 2 is 1.97 bits per heavy atom. The van der Waals surface area contributed by atoms with Gasteiger partial charge in [0.05, 0.1) is 17.8 Å². The van der Waals surface area contributed by atoms with Gasteiger partial charge in [-0.1, -0.05) is 12.1 Å². The maximum absolute atomic E-state index is 12.7. The topological polar surface area (TPSA) is 70.5 Å². The number of aromatic nitrogens is 2. The van der Waals surface area contributed by atoms with Crippen LogP contribution in [0.15, 0.2) is 41.3 Å². The first-order valence-electron chi connectivity index (χ1n) is 10.4. The molecule has 7 heteroatoms. The third kappa shape index (κ3) is 5.16. The van der Waals surface area contributed by atoms with E-state index in [0.717, 1.165) is 43.7 Å². The van der Waals surface area contributed by atoms with Crippen molar-refractivity contribution in [2.75, 3.05) is 36.0 Å². The van der Waals surface area contributed by atoms with Crippen LogP contribution in [0, 0.1) is 5.92 Å². The van der Waals surface area contributed by atoms with Gasteiger partial charge in [0.15, 0.2) is 0 Å². The lowest BCUT2D eigenvalue weighted by molar-refractivity contribution is -0.125. The Bertz CT molecular complexity index is 874. The van der Waals surface area contributed by atoms with Gasteiger partial charge in [0.1, 0.15) is 0 Å². The molecule has 1 aromatic carbocycles. The molecule has 0 bridgehead atoms. The van der Waals surface area contributed by atoms with Gasteiger partial charge < -0.3 is 15.1 Å². The Hall–Kier alpha value is -2.83. The van der Waals surface area contributed by atoms with Crippen LogP contribution in [-0.4, -0.2) is 41.9 Å². The number of nitrogens with zero attached hydrogens (tertiary/aromatic N) is 4. The highest BCUT2D eigenvalue weighted by molar-refractivity contribution is 5.79. The molecule has 0 radical (unpaired) electrons. The fourth-order valence-corrected chi connectivity index (χ4v) is 3.81. The number of aryl methyl sites for hydroxylation is 1. The van der Waals surface area contributed by atoms with Crippen LogP contribution in [0.25, 0.3) is 0 Å². The molecule has 7 nitrogen and oxygen atoms in total. The van der Waals surface area contributed by atoms with Crippen LogP contribution in [0.2, 0.25) is 0 Å². The third-order valence-corrected chi connectivity index (χ3v) is 5.64. The van der Waals surface area contributed by atoms with Crippen molar-refractivity contribution in [1.29, 1.82) is 0 Å². The summed E-state index contributed by atoms with van der Waals surface area (Å²) in [6.45, 7) is 8.23. The zero-order valence-electron chi connectivity index (χ0n) is 17.6. The number of rotatable bonds is 7.